The highest BCUT2D eigenvalue weighted by atomic mass is 35.5. The normalized spacial score (nSPS) is 15.1. The van der Waals surface area contributed by atoms with E-state index in [0.29, 0.717) is 17.0 Å². The fourth-order valence-electron chi connectivity index (χ4n) is 4.37. The number of para-hydroxylation sites is 2. The largest absolute Gasteiger partial charge is 0.436 e. The molecule has 0 bridgehead atoms. The predicted octanol–water partition coefficient (Wildman–Crippen LogP) is 6.52. The Kier molecular flexibility index (Phi) is 4.51. The van der Waals surface area contributed by atoms with Gasteiger partial charge in [-0.05, 0) is 55.3 Å². The molecular formula is C25H20ClN3O2. The van der Waals surface area contributed by atoms with Crippen LogP contribution in [0.4, 0.5) is 0 Å². The van der Waals surface area contributed by atoms with Gasteiger partial charge in [-0.25, -0.2) is 9.97 Å². The van der Waals surface area contributed by atoms with Crippen molar-refractivity contribution in [2.45, 2.75) is 18.9 Å². The van der Waals surface area contributed by atoms with Crippen LogP contribution in [0.2, 0.25) is 5.02 Å². The Labute approximate surface area is 184 Å². The van der Waals surface area contributed by atoms with E-state index in [2.05, 4.69) is 27.8 Å². The maximum atomic E-state index is 6.57. The van der Waals surface area contributed by atoms with Crippen LogP contribution >= 0.6 is 11.6 Å². The Bertz CT molecular complexity index is 1370. The van der Waals surface area contributed by atoms with Gasteiger partial charge in [0.25, 0.3) is 0 Å². The van der Waals surface area contributed by atoms with Gasteiger partial charge in [-0.2, -0.15) is 0 Å². The SMILES string of the molecule is Clc1ccccc1-c1nc2cc(-c3nc4ccccc4o3)ccc2n1C1CCOCC1. The molecule has 6 rings (SSSR count). The summed E-state index contributed by atoms with van der Waals surface area (Å²) >= 11 is 6.57. The molecule has 1 fully saturated rings. The molecule has 1 aliphatic rings. The van der Waals surface area contributed by atoms with Gasteiger partial charge in [0, 0.05) is 30.4 Å². The molecule has 0 aliphatic carbocycles. The molecule has 6 heteroatoms. The third kappa shape index (κ3) is 3.21. The van der Waals surface area contributed by atoms with Crippen molar-refractivity contribution < 1.29 is 9.15 Å². The number of hydrogen-bond acceptors (Lipinski definition) is 4. The molecule has 31 heavy (non-hydrogen) atoms. The Balaban J connectivity index is 1.54. The number of fused-ring (bicyclic) bond motifs is 2. The zero-order chi connectivity index (χ0) is 20.8. The molecule has 3 heterocycles. The van der Waals surface area contributed by atoms with Crippen LogP contribution in [0, 0.1) is 0 Å². The fraction of sp³-hybridized carbons (Fsp3) is 0.200. The van der Waals surface area contributed by atoms with Crippen LogP contribution in [-0.4, -0.2) is 27.7 Å². The van der Waals surface area contributed by atoms with Crippen molar-refractivity contribution in [3.05, 3.63) is 71.8 Å². The summed E-state index contributed by atoms with van der Waals surface area (Å²) in [5.74, 6) is 1.49. The summed E-state index contributed by atoms with van der Waals surface area (Å²) in [6, 6.07) is 22.2. The minimum atomic E-state index is 0.320. The number of oxazole rings is 1. The summed E-state index contributed by atoms with van der Waals surface area (Å²) in [4.78, 5) is 9.67. The van der Waals surface area contributed by atoms with Gasteiger partial charge in [-0.1, -0.05) is 35.9 Å². The minimum Gasteiger partial charge on any atom is -0.436 e. The molecule has 0 atom stereocenters. The van der Waals surface area contributed by atoms with Crippen molar-refractivity contribution in [3.63, 3.8) is 0 Å². The van der Waals surface area contributed by atoms with E-state index in [4.69, 9.17) is 25.7 Å². The molecule has 1 aliphatic heterocycles. The summed E-state index contributed by atoms with van der Waals surface area (Å²) < 4.78 is 13.9. The average molecular weight is 430 g/mol. The number of benzene rings is 3. The first-order valence-corrected chi connectivity index (χ1v) is 10.9. The Morgan fingerprint density at radius 1 is 0.871 bits per heavy atom. The highest BCUT2D eigenvalue weighted by molar-refractivity contribution is 6.33. The molecule has 5 aromatic rings. The lowest BCUT2D eigenvalue weighted by molar-refractivity contribution is 0.0710. The lowest BCUT2D eigenvalue weighted by atomic mass is 10.1. The van der Waals surface area contributed by atoms with Crippen LogP contribution in [0.5, 0.6) is 0 Å². The van der Waals surface area contributed by atoms with Crippen molar-refractivity contribution >= 4 is 33.7 Å². The quantitative estimate of drug-likeness (QED) is 0.327. The van der Waals surface area contributed by atoms with Gasteiger partial charge in [-0.15, -0.1) is 0 Å². The van der Waals surface area contributed by atoms with Crippen LogP contribution in [0.15, 0.2) is 71.1 Å². The Morgan fingerprint density at radius 3 is 2.52 bits per heavy atom. The topological polar surface area (TPSA) is 53.1 Å². The number of rotatable bonds is 3. The zero-order valence-electron chi connectivity index (χ0n) is 16.8. The maximum Gasteiger partial charge on any atom is 0.227 e. The van der Waals surface area contributed by atoms with E-state index < -0.39 is 0 Å². The average Bonchev–Trinajstić information content (AvgIpc) is 3.41. The molecule has 3 aromatic carbocycles. The monoisotopic (exact) mass is 429 g/mol. The molecule has 5 nitrogen and oxygen atoms in total. The standard InChI is InChI=1S/C25H20ClN3O2/c26-19-6-2-1-5-18(19)24-27-21-15-16(25-28-20-7-3-4-8-23(20)31-25)9-10-22(21)29(24)17-11-13-30-14-12-17/h1-10,15,17H,11-14H2. The summed E-state index contributed by atoms with van der Waals surface area (Å²) in [5, 5.41) is 0.699. The van der Waals surface area contributed by atoms with E-state index in [9.17, 15) is 0 Å². The lowest BCUT2D eigenvalue weighted by Crippen LogP contribution is -2.20. The molecular weight excluding hydrogens is 410 g/mol. The first kappa shape index (κ1) is 18.6. The molecule has 0 radical (unpaired) electrons. The zero-order valence-corrected chi connectivity index (χ0v) is 17.5. The van der Waals surface area contributed by atoms with Gasteiger partial charge in [0.15, 0.2) is 5.58 Å². The molecule has 0 amide bonds. The first-order valence-electron chi connectivity index (χ1n) is 10.5. The summed E-state index contributed by atoms with van der Waals surface area (Å²) in [6.07, 6.45) is 1.91. The van der Waals surface area contributed by atoms with Crippen LogP contribution in [0.1, 0.15) is 18.9 Å². The molecule has 0 N–H and O–H groups in total. The van der Waals surface area contributed by atoms with E-state index in [0.717, 1.165) is 65.1 Å². The van der Waals surface area contributed by atoms with Crippen molar-refractivity contribution in [2.24, 2.45) is 0 Å². The van der Waals surface area contributed by atoms with E-state index in [1.165, 1.54) is 0 Å². The summed E-state index contributed by atoms with van der Waals surface area (Å²) in [7, 11) is 0. The van der Waals surface area contributed by atoms with Crippen LogP contribution in [0.3, 0.4) is 0 Å². The van der Waals surface area contributed by atoms with Crippen LogP contribution in [-0.2, 0) is 4.74 Å². The number of nitrogens with zero attached hydrogens (tertiary/aromatic N) is 3. The van der Waals surface area contributed by atoms with Gasteiger partial charge in [0.05, 0.1) is 16.1 Å². The van der Waals surface area contributed by atoms with Gasteiger partial charge in [0.2, 0.25) is 5.89 Å². The number of hydrogen-bond donors (Lipinski definition) is 0. The van der Waals surface area contributed by atoms with E-state index in [1.54, 1.807) is 0 Å². The lowest BCUT2D eigenvalue weighted by Gasteiger charge is -2.26. The third-order valence-electron chi connectivity index (χ3n) is 5.90. The van der Waals surface area contributed by atoms with E-state index in [1.807, 2.05) is 48.5 Å². The summed E-state index contributed by atoms with van der Waals surface area (Å²) in [5.41, 5.74) is 5.47. The second-order valence-electron chi connectivity index (χ2n) is 7.82. The first-order chi connectivity index (χ1) is 15.3. The molecule has 2 aromatic heterocycles. The third-order valence-corrected chi connectivity index (χ3v) is 6.23. The number of halogens is 1. The fourth-order valence-corrected chi connectivity index (χ4v) is 4.59. The van der Waals surface area contributed by atoms with Crippen molar-refractivity contribution in [2.75, 3.05) is 13.2 Å². The summed E-state index contributed by atoms with van der Waals surface area (Å²) in [6.45, 7) is 1.51. The smallest absolute Gasteiger partial charge is 0.227 e. The molecule has 154 valence electrons. The second kappa shape index (κ2) is 7.52. The molecule has 0 saturated carbocycles. The van der Waals surface area contributed by atoms with Crippen molar-refractivity contribution in [1.82, 2.24) is 14.5 Å². The Morgan fingerprint density at radius 2 is 1.68 bits per heavy atom. The van der Waals surface area contributed by atoms with Crippen molar-refractivity contribution in [1.29, 1.82) is 0 Å². The van der Waals surface area contributed by atoms with Crippen LogP contribution in [0.25, 0.3) is 45.0 Å². The molecule has 0 unspecified atom stereocenters. The highest BCUT2D eigenvalue weighted by Gasteiger charge is 2.24. The van der Waals surface area contributed by atoms with Gasteiger partial charge >= 0.3 is 0 Å². The van der Waals surface area contributed by atoms with Crippen molar-refractivity contribution in [3.8, 4) is 22.8 Å². The number of imidazole rings is 1. The van der Waals surface area contributed by atoms with Crippen LogP contribution < -0.4 is 0 Å². The van der Waals surface area contributed by atoms with E-state index >= 15 is 0 Å². The number of aromatic nitrogens is 3. The minimum absolute atomic E-state index is 0.320. The highest BCUT2D eigenvalue weighted by Crippen LogP contribution is 2.37. The Hall–Kier alpha value is -3.15. The maximum absolute atomic E-state index is 6.57. The van der Waals surface area contributed by atoms with Gasteiger partial charge < -0.3 is 13.7 Å². The number of ether oxygens (including phenoxy) is 1. The van der Waals surface area contributed by atoms with Gasteiger partial charge in [0.1, 0.15) is 11.3 Å². The molecule has 1 saturated heterocycles. The predicted molar refractivity (Wildman–Crippen MR) is 122 cm³/mol. The van der Waals surface area contributed by atoms with E-state index in [-0.39, 0.29) is 0 Å². The van der Waals surface area contributed by atoms with Gasteiger partial charge in [-0.3, -0.25) is 0 Å². The molecule has 0 spiro atoms. The second-order valence-corrected chi connectivity index (χ2v) is 8.23.